The minimum atomic E-state index is -1.32. The second-order valence-corrected chi connectivity index (χ2v) is 12.3. The van der Waals surface area contributed by atoms with Crippen LogP contribution in [0, 0.1) is 0 Å². The maximum Gasteiger partial charge on any atom is 0.408 e. The number of alkyl carbamates (subject to hydrolysis) is 1. The van der Waals surface area contributed by atoms with Crippen molar-refractivity contribution >= 4 is 35.6 Å². The number of nitrogens with two attached hydrogens (primary N) is 1. The smallest absolute Gasteiger partial charge is 0.408 e. The summed E-state index contributed by atoms with van der Waals surface area (Å²) in [6.45, 7) is 5.83. The number of β-amino-alcohol motifs (C(OH)–C–C–N with tert-alkyl or cyclic N) is 1. The predicted molar refractivity (Wildman–Crippen MR) is 161 cm³/mol. The van der Waals surface area contributed by atoms with Gasteiger partial charge >= 0.3 is 6.09 Å². The summed E-state index contributed by atoms with van der Waals surface area (Å²) in [5, 5.41) is 19.6. The van der Waals surface area contributed by atoms with E-state index in [-0.39, 0.29) is 25.5 Å². The monoisotopic (exact) mass is 599 g/mol. The molecule has 4 atom stereocenters. The topological polar surface area (TPSA) is 163 Å². The Morgan fingerprint density at radius 1 is 1.02 bits per heavy atom. The molecule has 2 aromatic carbocycles. The number of aliphatic hydroxyl groups is 1. The van der Waals surface area contributed by atoms with Crippen molar-refractivity contribution in [2.45, 2.75) is 70.0 Å². The average Bonchev–Trinajstić information content (AvgIpc) is 3.39. The molecule has 3 unspecified atom stereocenters. The van der Waals surface area contributed by atoms with Crippen molar-refractivity contribution in [3.8, 4) is 0 Å². The number of nitrogens with one attached hydrogen (secondary N) is 3. The summed E-state index contributed by atoms with van der Waals surface area (Å²) < 4.78 is 5.22. The van der Waals surface area contributed by atoms with Crippen LogP contribution in [0.5, 0.6) is 0 Å². The van der Waals surface area contributed by atoms with E-state index in [1.807, 2.05) is 62.1 Å². The van der Waals surface area contributed by atoms with Crippen LogP contribution in [0.4, 0.5) is 4.79 Å². The van der Waals surface area contributed by atoms with Gasteiger partial charge in [-0.05, 0) is 38.3 Å². The van der Waals surface area contributed by atoms with Gasteiger partial charge in [0, 0.05) is 23.7 Å². The molecule has 42 heavy (non-hydrogen) atoms. The van der Waals surface area contributed by atoms with Crippen LogP contribution < -0.4 is 21.7 Å². The number of ether oxygens (including phenoxy) is 1. The van der Waals surface area contributed by atoms with Crippen molar-refractivity contribution in [1.82, 2.24) is 20.9 Å². The minimum Gasteiger partial charge on any atom is -0.445 e. The molecule has 0 saturated carbocycles. The standard InChI is InChI=1S/C30H41N5O6S/c1-30(2,3)34-28(39)24-18-42-19-35(24)16-25(36)22(14-20-10-6-4-7-11-20)32-27(38)23(15-26(31)37)33-29(40)41-17-21-12-8-5-9-13-21/h4-13,22-25,36H,14-19H2,1-3H3,(H2,31,37)(H,32,38)(H,33,40)(H,34,39)/t22?,23?,24?,25-/m1/s1. The molecule has 11 nitrogen and oxygen atoms in total. The summed E-state index contributed by atoms with van der Waals surface area (Å²) in [5.41, 5.74) is 6.59. The molecule has 0 bridgehead atoms. The van der Waals surface area contributed by atoms with Gasteiger partial charge in [0.05, 0.1) is 24.6 Å². The largest absolute Gasteiger partial charge is 0.445 e. The Morgan fingerprint density at radius 3 is 2.24 bits per heavy atom. The summed E-state index contributed by atoms with van der Waals surface area (Å²) in [6, 6.07) is 15.8. The third-order valence-electron chi connectivity index (χ3n) is 6.51. The number of carbonyl (C=O) groups excluding carboxylic acids is 4. The number of hydrogen-bond donors (Lipinski definition) is 5. The van der Waals surface area contributed by atoms with Crippen LogP contribution in [0.1, 0.15) is 38.3 Å². The number of thioether (sulfide) groups is 1. The summed E-state index contributed by atoms with van der Waals surface area (Å²) in [4.78, 5) is 52.4. The van der Waals surface area contributed by atoms with Gasteiger partial charge in [-0.3, -0.25) is 19.3 Å². The lowest BCUT2D eigenvalue weighted by Gasteiger charge is -2.32. The van der Waals surface area contributed by atoms with Gasteiger partial charge in [0.25, 0.3) is 0 Å². The fourth-order valence-corrected chi connectivity index (χ4v) is 5.68. The van der Waals surface area contributed by atoms with E-state index in [4.69, 9.17) is 10.5 Å². The Kier molecular flexibility index (Phi) is 12.2. The Hall–Kier alpha value is -3.61. The molecule has 0 spiro atoms. The molecule has 6 N–H and O–H groups in total. The minimum absolute atomic E-state index is 0.0231. The number of rotatable bonds is 13. The highest BCUT2D eigenvalue weighted by Crippen LogP contribution is 2.23. The van der Waals surface area contributed by atoms with Gasteiger partial charge in [0.1, 0.15) is 12.6 Å². The lowest BCUT2D eigenvalue weighted by molar-refractivity contribution is -0.129. The summed E-state index contributed by atoms with van der Waals surface area (Å²) in [6.07, 6.45) is -2.15. The Bertz CT molecular complexity index is 1190. The fourth-order valence-electron chi connectivity index (χ4n) is 4.47. The predicted octanol–water partition coefficient (Wildman–Crippen LogP) is 1.53. The molecular formula is C30H41N5O6S. The van der Waals surface area contributed by atoms with Crippen LogP contribution in [-0.4, -0.2) is 81.8 Å². The van der Waals surface area contributed by atoms with E-state index in [1.54, 1.807) is 36.0 Å². The van der Waals surface area contributed by atoms with Gasteiger partial charge in [-0.2, -0.15) is 0 Å². The number of primary amides is 1. The normalized spacial score (nSPS) is 17.5. The van der Waals surface area contributed by atoms with Gasteiger partial charge in [0.2, 0.25) is 17.7 Å². The summed E-state index contributed by atoms with van der Waals surface area (Å²) in [5.74, 6) is -0.475. The van der Waals surface area contributed by atoms with E-state index < -0.39 is 54.1 Å². The maximum absolute atomic E-state index is 13.4. The van der Waals surface area contributed by atoms with Gasteiger partial charge < -0.3 is 31.5 Å². The number of amides is 4. The maximum atomic E-state index is 13.4. The molecule has 1 fully saturated rings. The Balaban J connectivity index is 1.71. The van der Waals surface area contributed by atoms with Crippen molar-refractivity contribution in [3.63, 3.8) is 0 Å². The number of aliphatic hydroxyl groups excluding tert-OH is 1. The first-order chi connectivity index (χ1) is 19.9. The van der Waals surface area contributed by atoms with Crippen LogP contribution in [0.25, 0.3) is 0 Å². The fraction of sp³-hybridized carbons (Fsp3) is 0.467. The number of nitrogens with zero attached hydrogens (tertiary/aromatic N) is 1. The zero-order valence-electron chi connectivity index (χ0n) is 24.2. The van der Waals surface area contributed by atoms with E-state index in [0.29, 0.717) is 11.6 Å². The average molecular weight is 600 g/mol. The van der Waals surface area contributed by atoms with E-state index in [1.165, 1.54) is 0 Å². The van der Waals surface area contributed by atoms with Crippen molar-refractivity contribution in [1.29, 1.82) is 0 Å². The van der Waals surface area contributed by atoms with Gasteiger partial charge in [0.15, 0.2) is 0 Å². The molecule has 1 aliphatic rings. The van der Waals surface area contributed by atoms with Gasteiger partial charge in [-0.25, -0.2) is 4.79 Å². The molecule has 228 valence electrons. The Morgan fingerprint density at radius 2 is 1.64 bits per heavy atom. The number of benzene rings is 2. The molecule has 3 rings (SSSR count). The molecule has 12 heteroatoms. The molecule has 4 amide bonds. The number of hydrogen-bond acceptors (Lipinski definition) is 8. The first kappa shape index (κ1) is 32.9. The van der Waals surface area contributed by atoms with E-state index >= 15 is 0 Å². The highest BCUT2D eigenvalue weighted by Gasteiger charge is 2.36. The summed E-state index contributed by atoms with van der Waals surface area (Å²) in [7, 11) is 0. The SMILES string of the molecule is CC(C)(C)NC(=O)C1CSCN1C[C@@H](O)C(Cc1ccccc1)NC(=O)C(CC(N)=O)NC(=O)OCc1ccccc1. The molecular weight excluding hydrogens is 558 g/mol. The van der Waals surface area contributed by atoms with Gasteiger partial charge in [-0.1, -0.05) is 60.7 Å². The van der Waals surface area contributed by atoms with Gasteiger partial charge in [-0.15, -0.1) is 11.8 Å². The second kappa shape index (κ2) is 15.6. The molecule has 1 saturated heterocycles. The van der Waals surface area contributed by atoms with Crippen LogP contribution in [0.3, 0.4) is 0 Å². The van der Waals surface area contributed by atoms with E-state index in [9.17, 15) is 24.3 Å². The van der Waals surface area contributed by atoms with E-state index in [0.717, 1.165) is 11.1 Å². The number of carbonyl (C=O) groups is 4. The summed E-state index contributed by atoms with van der Waals surface area (Å²) >= 11 is 1.59. The first-order valence-corrected chi connectivity index (χ1v) is 15.0. The third kappa shape index (κ3) is 11.0. The zero-order chi connectivity index (χ0) is 30.7. The third-order valence-corrected chi connectivity index (χ3v) is 7.58. The van der Waals surface area contributed by atoms with Crippen molar-refractivity contribution in [2.24, 2.45) is 5.73 Å². The van der Waals surface area contributed by atoms with Crippen LogP contribution in [-0.2, 0) is 32.1 Å². The van der Waals surface area contributed by atoms with Crippen molar-refractivity contribution in [2.75, 3.05) is 18.2 Å². The quantitative estimate of drug-likeness (QED) is 0.232. The molecule has 0 radical (unpaired) electrons. The first-order valence-electron chi connectivity index (χ1n) is 13.8. The second-order valence-electron chi connectivity index (χ2n) is 11.3. The lowest BCUT2D eigenvalue weighted by atomic mass is 9.99. The van der Waals surface area contributed by atoms with Crippen LogP contribution in [0.15, 0.2) is 60.7 Å². The van der Waals surface area contributed by atoms with Crippen LogP contribution >= 0.6 is 11.8 Å². The lowest BCUT2D eigenvalue weighted by Crippen LogP contribution is -2.57. The molecule has 2 aromatic rings. The Labute approximate surface area is 250 Å². The highest BCUT2D eigenvalue weighted by molar-refractivity contribution is 7.99. The zero-order valence-corrected chi connectivity index (χ0v) is 25.1. The molecule has 1 heterocycles. The molecule has 0 aromatic heterocycles. The van der Waals surface area contributed by atoms with Crippen molar-refractivity contribution in [3.05, 3.63) is 71.8 Å². The molecule has 0 aliphatic carbocycles. The highest BCUT2D eigenvalue weighted by atomic mass is 32.2. The van der Waals surface area contributed by atoms with E-state index in [2.05, 4.69) is 16.0 Å². The molecule has 1 aliphatic heterocycles. The van der Waals surface area contributed by atoms with Crippen molar-refractivity contribution < 1.29 is 29.0 Å². The van der Waals surface area contributed by atoms with Crippen LogP contribution in [0.2, 0.25) is 0 Å².